The lowest BCUT2D eigenvalue weighted by molar-refractivity contribution is -0.129. The smallest absolute Gasteiger partial charge is 0.254 e. The molecule has 0 spiro atoms. The minimum Gasteiger partial charge on any atom is -0.470 e. The Morgan fingerprint density at radius 3 is 3.04 bits per heavy atom. The molecule has 1 saturated heterocycles. The van der Waals surface area contributed by atoms with Crippen LogP contribution < -0.4 is 4.74 Å². The molecule has 3 aromatic rings. The fourth-order valence-electron chi connectivity index (χ4n) is 3.25. The van der Waals surface area contributed by atoms with E-state index in [2.05, 4.69) is 15.1 Å². The van der Waals surface area contributed by atoms with Crippen LogP contribution >= 0.6 is 0 Å². The Labute approximate surface area is 155 Å². The number of hydrogen-bond donors (Lipinski definition) is 0. The van der Waals surface area contributed by atoms with Gasteiger partial charge < -0.3 is 14.2 Å². The third-order valence-electron chi connectivity index (χ3n) is 4.71. The molecule has 140 valence electrons. The highest BCUT2D eigenvalue weighted by Crippen LogP contribution is 2.23. The highest BCUT2D eigenvalue weighted by molar-refractivity contribution is 5.86. The molecule has 7 nitrogen and oxygen atoms in total. The average Bonchev–Trinajstić information content (AvgIpc) is 3.31. The van der Waals surface area contributed by atoms with E-state index in [-0.39, 0.29) is 24.3 Å². The zero-order valence-corrected chi connectivity index (χ0v) is 14.9. The molecule has 0 N–H and O–H groups in total. The largest absolute Gasteiger partial charge is 0.470 e. The van der Waals surface area contributed by atoms with Crippen molar-refractivity contribution in [2.75, 3.05) is 13.1 Å². The maximum atomic E-state index is 14.2. The molecule has 1 fully saturated rings. The minimum absolute atomic E-state index is 0.0522. The van der Waals surface area contributed by atoms with Gasteiger partial charge in [0.25, 0.3) is 5.88 Å². The molecule has 3 heterocycles. The van der Waals surface area contributed by atoms with Crippen molar-refractivity contribution in [1.29, 1.82) is 0 Å². The normalized spacial score (nSPS) is 16.8. The molecule has 0 bridgehead atoms. The molecule has 4 rings (SSSR count). The number of fused-ring (bicyclic) bond motifs is 1. The van der Waals surface area contributed by atoms with E-state index in [1.807, 2.05) is 31.2 Å². The van der Waals surface area contributed by atoms with Gasteiger partial charge in [-0.1, -0.05) is 24.2 Å². The molecule has 0 radical (unpaired) electrons. The summed E-state index contributed by atoms with van der Waals surface area (Å²) in [6, 6.07) is 7.44. The van der Waals surface area contributed by atoms with Gasteiger partial charge in [-0.2, -0.15) is 9.37 Å². The summed E-state index contributed by atoms with van der Waals surface area (Å²) in [5.41, 5.74) is 1.60. The van der Waals surface area contributed by atoms with E-state index in [0.29, 0.717) is 42.9 Å². The summed E-state index contributed by atoms with van der Waals surface area (Å²) < 4.78 is 25.2. The number of aryl methyl sites for hydroxylation is 1. The molecule has 1 atom stereocenters. The van der Waals surface area contributed by atoms with Crippen molar-refractivity contribution in [1.82, 2.24) is 20.0 Å². The Morgan fingerprint density at radius 2 is 2.19 bits per heavy atom. The van der Waals surface area contributed by atoms with Crippen molar-refractivity contribution in [3.8, 4) is 5.88 Å². The predicted octanol–water partition coefficient (Wildman–Crippen LogP) is 2.54. The number of ether oxygens (including phenoxy) is 1. The van der Waals surface area contributed by atoms with Gasteiger partial charge >= 0.3 is 0 Å². The second-order valence-corrected chi connectivity index (χ2v) is 6.46. The van der Waals surface area contributed by atoms with E-state index in [1.54, 1.807) is 4.90 Å². The van der Waals surface area contributed by atoms with Crippen LogP contribution in [-0.2, 0) is 17.6 Å². The Morgan fingerprint density at radius 1 is 1.33 bits per heavy atom. The number of para-hydroxylation sites is 1. The number of carbonyl (C=O) groups excluding carboxylic acids is 1. The van der Waals surface area contributed by atoms with Gasteiger partial charge in [-0.3, -0.25) is 4.79 Å². The zero-order valence-electron chi connectivity index (χ0n) is 14.9. The summed E-state index contributed by atoms with van der Waals surface area (Å²) in [7, 11) is 0. The molecule has 2 aromatic heterocycles. The first-order valence-electron chi connectivity index (χ1n) is 8.92. The molecule has 0 aliphatic carbocycles. The lowest BCUT2D eigenvalue weighted by atomic mass is 10.1. The molecule has 1 aliphatic heterocycles. The van der Waals surface area contributed by atoms with Crippen LogP contribution in [0.1, 0.15) is 24.7 Å². The third-order valence-corrected chi connectivity index (χ3v) is 4.71. The van der Waals surface area contributed by atoms with E-state index < -0.39 is 5.82 Å². The maximum absolute atomic E-state index is 14.2. The predicted molar refractivity (Wildman–Crippen MR) is 94.7 cm³/mol. The van der Waals surface area contributed by atoms with Crippen LogP contribution in [0.4, 0.5) is 4.39 Å². The van der Waals surface area contributed by atoms with Gasteiger partial charge in [-0.25, -0.2) is 4.98 Å². The number of halogens is 1. The Hall–Kier alpha value is -3.03. The van der Waals surface area contributed by atoms with Crippen LogP contribution in [-0.4, -0.2) is 45.1 Å². The fourth-order valence-corrected chi connectivity index (χ4v) is 3.25. The summed E-state index contributed by atoms with van der Waals surface area (Å²) in [5.74, 6) is -0.639. The number of benzene rings is 1. The number of likely N-dealkylation sites (tertiary alicyclic amines) is 1. The number of carbonyl (C=O) groups is 1. The van der Waals surface area contributed by atoms with E-state index in [0.717, 1.165) is 5.39 Å². The Balaban J connectivity index is 1.40. The van der Waals surface area contributed by atoms with Gasteiger partial charge in [-0.15, -0.1) is 0 Å². The van der Waals surface area contributed by atoms with Crippen LogP contribution in [0.2, 0.25) is 0 Å². The van der Waals surface area contributed by atoms with Crippen molar-refractivity contribution < 1.29 is 18.4 Å². The Kier molecular flexibility index (Phi) is 4.70. The summed E-state index contributed by atoms with van der Waals surface area (Å²) in [6.45, 7) is 2.75. The lowest BCUT2D eigenvalue weighted by Crippen LogP contribution is -2.32. The van der Waals surface area contributed by atoms with Crippen LogP contribution in [0.3, 0.4) is 0 Å². The summed E-state index contributed by atoms with van der Waals surface area (Å²) >= 11 is 0. The topological polar surface area (TPSA) is 81.4 Å². The fraction of sp³-hybridized carbons (Fsp3) is 0.368. The van der Waals surface area contributed by atoms with Crippen LogP contribution in [0, 0.1) is 5.82 Å². The maximum Gasteiger partial charge on any atom is 0.254 e. The van der Waals surface area contributed by atoms with E-state index in [9.17, 15) is 9.18 Å². The van der Waals surface area contributed by atoms with Crippen molar-refractivity contribution in [3.63, 3.8) is 0 Å². The van der Waals surface area contributed by atoms with Crippen molar-refractivity contribution in [2.45, 2.75) is 32.3 Å². The van der Waals surface area contributed by atoms with Crippen molar-refractivity contribution in [2.24, 2.45) is 0 Å². The number of rotatable bonds is 5. The quantitative estimate of drug-likeness (QED) is 0.687. The van der Waals surface area contributed by atoms with Gasteiger partial charge in [0.1, 0.15) is 18.1 Å². The SMILES string of the molecule is CCc1ncnc(O[C@@H]2CCN(C(=O)Cc3noc4ccccc34)C2)c1F. The minimum atomic E-state index is -0.529. The first-order valence-corrected chi connectivity index (χ1v) is 8.92. The van der Waals surface area contributed by atoms with E-state index >= 15 is 0 Å². The van der Waals surface area contributed by atoms with Gasteiger partial charge in [0, 0.05) is 18.4 Å². The zero-order chi connectivity index (χ0) is 18.8. The van der Waals surface area contributed by atoms with Gasteiger partial charge in [0.15, 0.2) is 5.58 Å². The standard InChI is InChI=1S/C19H19FN4O3/c1-2-14-18(20)19(22-11-21-14)26-12-7-8-24(10-12)17(25)9-15-13-5-3-4-6-16(13)27-23-15/h3-6,11-12H,2,7-10H2,1H3/t12-/m1/s1. The molecule has 1 amide bonds. The molecular weight excluding hydrogens is 351 g/mol. The first kappa shape index (κ1) is 17.4. The molecule has 0 saturated carbocycles. The third kappa shape index (κ3) is 3.47. The van der Waals surface area contributed by atoms with Gasteiger partial charge in [0.2, 0.25) is 11.7 Å². The lowest BCUT2D eigenvalue weighted by Gasteiger charge is -2.17. The monoisotopic (exact) mass is 370 g/mol. The highest BCUT2D eigenvalue weighted by Gasteiger charge is 2.29. The summed E-state index contributed by atoms with van der Waals surface area (Å²) in [5, 5.41) is 4.84. The molecule has 1 aliphatic rings. The number of nitrogens with zero attached hydrogens (tertiary/aromatic N) is 4. The first-order chi connectivity index (χ1) is 13.2. The number of amides is 1. The molecule has 27 heavy (non-hydrogen) atoms. The number of hydrogen-bond acceptors (Lipinski definition) is 6. The summed E-state index contributed by atoms with van der Waals surface area (Å²) in [4.78, 5) is 22.1. The van der Waals surface area contributed by atoms with E-state index in [1.165, 1.54) is 6.33 Å². The second-order valence-electron chi connectivity index (χ2n) is 6.46. The average molecular weight is 370 g/mol. The van der Waals surface area contributed by atoms with Crippen molar-refractivity contribution in [3.05, 3.63) is 47.8 Å². The molecule has 1 aromatic carbocycles. The molecule has 0 unspecified atom stereocenters. The van der Waals surface area contributed by atoms with E-state index in [4.69, 9.17) is 9.26 Å². The van der Waals surface area contributed by atoms with Gasteiger partial charge in [0.05, 0.1) is 18.7 Å². The molecule has 8 heteroatoms. The van der Waals surface area contributed by atoms with Crippen LogP contribution in [0.5, 0.6) is 5.88 Å². The van der Waals surface area contributed by atoms with Crippen molar-refractivity contribution >= 4 is 16.9 Å². The molecular formula is C19H19FN4O3. The second kappa shape index (κ2) is 7.30. The van der Waals surface area contributed by atoms with Gasteiger partial charge in [-0.05, 0) is 18.6 Å². The van der Waals surface area contributed by atoms with Crippen LogP contribution in [0.15, 0.2) is 35.1 Å². The summed E-state index contributed by atoms with van der Waals surface area (Å²) in [6.07, 6.45) is 2.25. The Bertz CT molecular complexity index is 974. The highest BCUT2D eigenvalue weighted by atomic mass is 19.1. The number of aromatic nitrogens is 3. The van der Waals surface area contributed by atoms with Crippen LogP contribution in [0.25, 0.3) is 11.0 Å².